The van der Waals surface area contributed by atoms with Gasteiger partial charge in [0.15, 0.2) is 0 Å². The summed E-state index contributed by atoms with van der Waals surface area (Å²) in [5, 5.41) is 7.63. The Bertz CT molecular complexity index is 811. The molecule has 0 aromatic heterocycles. The molecule has 0 aliphatic rings. The summed E-state index contributed by atoms with van der Waals surface area (Å²) in [5.41, 5.74) is 0.872. The molecule has 3 heteroatoms. The van der Waals surface area contributed by atoms with Gasteiger partial charge < -0.3 is 14.9 Å². The molecule has 21 heavy (non-hydrogen) atoms. The van der Waals surface area contributed by atoms with E-state index in [4.69, 9.17) is 0 Å². The smallest absolute Gasteiger partial charge is 0.142 e. The third kappa shape index (κ3) is 2.63. The van der Waals surface area contributed by atoms with Crippen LogP contribution in [-0.4, -0.2) is 18.6 Å². The average molecular weight is 277 g/mol. The van der Waals surface area contributed by atoms with Crippen molar-refractivity contribution in [3.8, 4) is 0 Å². The maximum absolute atomic E-state index is 11.0. The van der Waals surface area contributed by atoms with Crippen LogP contribution in [0.25, 0.3) is 21.5 Å². The molecule has 104 valence electrons. The Morgan fingerprint density at radius 1 is 0.905 bits per heavy atom. The normalized spacial score (nSPS) is 12.2. The number of hydrogen-bond donors (Lipinski definition) is 1. The monoisotopic (exact) mass is 277 g/mol. The molecular weight excluding hydrogens is 262 g/mol. The van der Waals surface area contributed by atoms with Gasteiger partial charge in [0.25, 0.3) is 0 Å². The Hall–Kier alpha value is -2.68. The fourth-order valence-corrected chi connectivity index (χ4v) is 2.54. The summed E-state index contributed by atoms with van der Waals surface area (Å²) in [6.45, 7) is 0. The minimum absolute atomic E-state index is 0.174. The molecule has 0 saturated heterocycles. The molecule has 0 fully saturated rings. The Kier molecular flexibility index (Phi) is 3.65. The topological polar surface area (TPSA) is 46.2 Å². The number of fused-ring (bicyclic) bond motifs is 2. The number of nitrogens with one attached hydrogen (secondary N) is 1. The number of carbonyl (C=O) groups excluding carboxylic acids is 2. The molecule has 3 aromatic rings. The molecule has 1 atom stereocenters. The van der Waals surface area contributed by atoms with Crippen molar-refractivity contribution >= 4 is 39.8 Å². The summed E-state index contributed by atoms with van der Waals surface area (Å²) in [4.78, 5) is 21.6. The zero-order chi connectivity index (χ0) is 14.7. The number of rotatable bonds is 5. The minimum atomic E-state index is -0.487. The van der Waals surface area contributed by atoms with Crippen molar-refractivity contribution in [2.75, 3.05) is 5.32 Å². The molecule has 0 saturated carbocycles. The molecule has 3 aromatic carbocycles. The van der Waals surface area contributed by atoms with Gasteiger partial charge in [-0.3, -0.25) is 0 Å². The zero-order valence-electron chi connectivity index (χ0n) is 11.5. The Morgan fingerprint density at radius 3 is 2.33 bits per heavy atom. The average Bonchev–Trinajstić information content (AvgIpc) is 2.53. The highest BCUT2D eigenvalue weighted by molar-refractivity contribution is 6.04. The van der Waals surface area contributed by atoms with E-state index in [0.717, 1.165) is 34.4 Å². The van der Waals surface area contributed by atoms with Crippen LogP contribution in [0.1, 0.15) is 6.42 Å². The summed E-state index contributed by atoms with van der Waals surface area (Å²) in [6.07, 6.45) is 1.70. The van der Waals surface area contributed by atoms with Crippen LogP contribution in [0.3, 0.4) is 0 Å². The van der Waals surface area contributed by atoms with Crippen LogP contribution >= 0.6 is 0 Å². The molecule has 0 spiro atoms. The first kappa shape index (κ1) is 13.3. The van der Waals surface area contributed by atoms with Gasteiger partial charge in [0.1, 0.15) is 12.6 Å². The Labute approximate surface area is 122 Å². The molecule has 3 nitrogen and oxygen atoms in total. The van der Waals surface area contributed by atoms with Gasteiger partial charge >= 0.3 is 0 Å². The van der Waals surface area contributed by atoms with Crippen molar-refractivity contribution in [2.24, 2.45) is 0 Å². The first-order valence-corrected chi connectivity index (χ1v) is 6.89. The van der Waals surface area contributed by atoms with E-state index in [1.165, 1.54) is 5.39 Å². The third-order valence-electron chi connectivity index (χ3n) is 3.60. The van der Waals surface area contributed by atoms with E-state index in [-0.39, 0.29) is 6.42 Å². The molecular formula is C18H15NO2. The third-order valence-corrected chi connectivity index (χ3v) is 3.60. The number of aldehydes is 2. The molecule has 1 unspecified atom stereocenters. The highest BCUT2D eigenvalue weighted by atomic mass is 16.1. The van der Waals surface area contributed by atoms with Crippen LogP contribution < -0.4 is 5.32 Å². The lowest BCUT2D eigenvalue weighted by atomic mass is 10.0. The highest BCUT2D eigenvalue weighted by Crippen LogP contribution is 2.28. The quantitative estimate of drug-likeness (QED) is 0.573. The van der Waals surface area contributed by atoms with Crippen molar-refractivity contribution < 1.29 is 9.59 Å². The zero-order valence-corrected chi connectivity index (χ0v) is 11.5. The van der Waals surface area contributed by atoms with Crippen molar-refractivity contribution in [1.82, 2.24) is 0 Å². The SMILES string of the molecule is O=CCC(C=O)Nc1cccc2cc3ccccc3cc12. The van der Waals surface area contributed by atoms with Crippen LogP contribution in [0.15, 0.2) is 54.6 Å². The van der Waals surface area contributed by atoms with Gasteiger partial charge in [-0.25, -0.2) is 0 Å². The standard InChI is InChI=1S/C18H15NO2/c20-9-8-16(12-21)19-18-7-3-6-15-10-13-4-1-2-5-14(13)11-17(15)18/h1-7,9-12,16,19H,8H2. The Balaban J connectivity index is 2.11. The van der Waals surface area contributed by atoms with Gasteiger partial charge in [-0.1, -0.05) is 36.4 Å². The summed E-state index contributed by atoms with van der Waals surface area (Å²) in [5.74, 6) is 0. The minimum Gasteiger partial charge on any atom is -0.375 e. The highest BCUT2D eigenvalue weighted by Gasteiger charge is 2.09. The molecule has 0 amide bonds. The van der Waals surface area contributed by atoms with Gasteiger partial charge in [-0.15, -0.1) is 0 Å². The van der Waals surface area contributed by atoms with Crippen molar-refractivity contribution in [3.05, 3.63) is 54.6 Å². The number of anilines is 1. The number of carbonyl (C=O) groups is 2. The molecule has 3 rings (SSSR count). The molecule has 0 bridgehead atoms. The fraction of sp³-hybridized carbons (Fsp3) is 0.111. The van der Waals surface area contributed by atoms with E-state index in [0.29, 0.717) is 0 Å². The second kappa shape index (κ2) is 5.75. The lowest BCUT2D eigenvalue weighted by Crippen LogP contribution is -2.21. The van der Waals surface area contributed by atoms with Gasteiger partial charge in [0.2, 0.25) is 0 Å². The van der Waals surface area contributed by atoms with E-state index in [2.05, 4.69) is 29.6 Å². The van der Waals surface area contributed by atoms with Crippen LogP contribution in [0.5, 0.6) is 0 Å². The van der Waals surface area contributed by atoms with E-state index >= 15 is 0 Å². The van der Waals surface area contributed by atoms with Gasteiger partial charge in [0.05, 0.1) is 6.04 Å². The van der Waals surface area contributed by atoms with Crippen LogP contribution in [0, 0.1) is 0 Å². The lowest BCUT2D eigenvalue weighted by Gasteiger charge is -2.14. The summed E-state index contributed by atoms with van der Waals surface area (Å²) >= 11 is 0. The predicted octanol–water partition coefficient (Wildman–Crippen LogP) is 3.56. The van der Waals surface area contributed by atoms with Gasteiger partial charge in [0, 0.05) is 17.5 Å². The first-order valence-electron chi connectivity index (χ1n) is 6.89. The van der Waals surface area contributed by atoms with E-state index in [1.807, 2.05) is 30.3 Å². The van der Waals surface area contributed by atoms with Crippen molar-refractivity contribution in [1.29, 1.82) is 0 Å². The second-order valence-corrected chi connectivity index (χ2v) is 5.02. The molecule has 0 radical (unpaired) electrons. The molecule has 1 N–H and O–H groups in total. The second-order valence-electron chi connectivity index (χ2n) is 5.02. The van der Waals surface area contributed by atoms with E-state index in [1.54, 1.807) is 0 Å². The van der Waals surface area contributed by atoms with E-state index < -0.39 is 6.04 Å². The first-order chi connectivity index (χ1) is 10.3. The van der Waals surface area contributed by atoms with Crippen LogP contribution in [-0.2, 0) is 9.59 Å². The summed E-state index contributed by atoms with van der Waals surface area (Å²) in [7, 11) is 0. The molecule has 0 heterocycles. The summed E-state index contributed by atoms with van der Waals surface area (Å²) < 4.78 is 0. The maximum atomic E-state index is 11.0. The van der Waals surface area contributed by atoms with Gasteiger partial charge in [-0.2, -0.15) is 0 Å². The maximum Gasteiger partial charge on any atom is 0.142 e. The molecule has 0 aliphatic carbocycles. The number of benzene rings is 3. The van der Waals surface area contributed by atoms with Crippen LogP contribution in [0.4, 0.5) is 5.69 Å². The van der Waals surface area contributed by atoms with Crippen molar-refractivity contribution in [2.45, 2.75) is 12.5 Å². The van der Waals surface area contributed by atoms with E-state index in [9.17, 15) is 9.59 Å². The largest absolute Gasteiger partial charge is 0.375 e. The Morgan fingerprint density at radius 2 is 1.62 bits per heavy atom. The van der Waals surface area contributed by atoms with Crippen molar-refractivity contribution in [3.63, 3.8) is 0 Å². The number of hydrogen-bond acceptors (Lipinski definition) is 3. The fourth-order valence-electron chi connectivity index (χ4n) is 2.54. The summed E-state index contributed by atoms with van der Waals surface area (Å²) in [6, 6.07) is 17.8. The van der Waals surface area contributed by atoms with Crippen LogP contribution in [0.2, 0.25) is 0 Å². The predicted molar refractivity (Wildman–Crippen MR) is 85.6 cm³/mol. The lowest BCUT2D eigenvalue weighted by molar-refractivity contribution is -0.112. The van der Waals surface area contributed by atoms with Gasteiger partial charge in [-0.05, 0) is 34.4 Å². The molecule has 0 aliphatic heterocycles.